The molecule has 0 N–H and O–H groups in total. The summed E-state index contributed by atoms with van der Waals surface area (Å²) in [5, 5.41) is 0. The molecular formula is C19H26O. The van der Waals surface area contributed by atoms with E-state index in [4.69, 9.17) is 4.74 Å². The lowest BCUT2D eigenvalue weighted by Crippen LogP contribution is -2.19. The Bertz CT molecular complexity index is 478. The standard InChI is InChI=1S/C19H26O/c1-6-15-20-16(3)13-14-17(7-2)19(4,5)18-11-9-8-10-12-18/h7-14H,2,6,15H2,1,3-5H3/b16-13+,17-14+. The number of hydrogen-bond donors (Lipinski definition) is 0. The number of benzene rings is 1. The minimum absolute atomic E-state index is 0.0649. The lowest BCUT2D eigenvalue weighted by atomic mass is 9.77. The van der Waals surface area contributed by atoms with Crippen LogP contribution in [0.1, 0.15) is 39.7 Å². The summed E-state index contributed by atoms with van der Waals surface area (Å²) in [6.07, 6.45) is 7.08. The van der Waals surface area contributed by atoms with Crippen molar-refractivity contribution in [2.24, 2.45) is 0 Å². The van der Waals surface area contributed by atoms with Gasteiger partial charge in [0.15, 0.2) is 0 Å². The van der Waals surface area contributed by atoms with Gasteiger partial charge in [-0.3, -0.25) is 0 Å². The van der Waals surface area contributed by atoms with Gasteiger partial charge in [0.1, 0.15) is 0 Å². The zero-order chi connectivity index (χ0) is 15.0. The molecule has 0 heterocycles. The van der Waals surface area contributed by atoms with Gasteiger partial charge in [-0.1, -0.05) is 69.8 Å². The van der Waals surface area contributed by atoms with Crippen LogP contribution in [0.4, 0.5) is 0 Å². The molecule has 0 fully saturated rings. The molecule has 0 aliphatic rings. The first-order valence-corrected chi connectivity index (χ1v) is 7.22. The SMILES string of the molecule is C=C/C(=C\C=C(/C)OCCC)C(C)(C)c1ccccc1. The molecule has 1 nitrogen and oxygen atoms in total. The van der Waals surface area contributed by atoms with Crippen LogP contribution in [-0.2, 0) is 10.2 Å². The van der Waals surface area contributed by atoms with Gasteiger partial charge in [0.2, 0.25) is 0 Å². The fourth-order valence-corrected chi connectivity index (χ4v) is 2.07. The van der Waals surface area contributed by atoms with Crippen molar-refractivity contribution in [3.8, 4) is 0 Å². The largest absolute Gasteiger partial charge is 0.498 e. The van der Waals surface area contributed by atoms with E-state index in [0.717, 1.165) is 18.8 Å². The maximum Gasteiger partial charge on any atom is 0.0928 e. The highest BCUT2D eigenvalue weighted by Gasteiger charge is 2.22. The van der Waals surface area contributed by atoms with Gasteiger partial charge in [-0.25, -0.2) is 0 Å². The van der Waals surface area contributed by atoms with Gasteiger partial charge in [-0.05, 0) is 30.6 Å². The van der Waals surface area contributed by atoms with Crippen LogP contribution in [-0.4, -0.2) is 6.61 Å². The van der Waals surface area contributed by atoms with Crippen LogP contribution in [0.5, 0.6) is 0 Å². The summed E-state index contributed by atoms with van der Waals surface area (Å²) in [6.45, 7) is 13.2. The van der Waals surface area contributed by atoms with Crippen LogP contribution in [0.15, 0.2) is 66.5 Å². The normalized spacial score (nSPS) is 13.2. The van der Waals surface area contributed by atoms with Crippen molar-refractivity contribution in [2.75, 3.05) is 6.61 Å². The average Bonchev–Trinajstić information content (AvgIpc) is 2.46. The van der Waals surface area contributed by atoms with Gasteiger partial charge >= 0.3 is 0 Å². The second-order valence-electron chi connectivity index (χ2n) is 5.44. The van der Waals surface area contributed by atoms with E-state index >= 15 is 0 Å². The smallest absolute Gasteiger partial charge is 0.0928 e. The summed E-state index contributed by atoms with van der Waals surface area (Å²) in [5.41, 5.74) is 2.40. The van der Waals surface area contributed by atoms with Crippen molar-refractivity contribution in [3.05, 3.63) is 72.0 Å². The molecule has 0 atom stereocenters. The molecule has 0 spiro atoms. The average molecular weight is 270 g/mol. The topological polar surface area (TPSA) is 9.23 Å². The molecule has 0 bridgehead atoms. The van der Waals surface area contributed by atoms with Crippen LogP contribution in [0.2, 0.25) is 0 Å². The molecule has 0 aliphatic carbocycles. The lowest BCUT2D eigenvalue weighted by Gasteiger charge is -2.27. The molecule has 0 unspecified atom stereocenters. The van der Waals surface area contributed by atoms with Gasteiger partial charge in [-0.15, -0.1) is 0 Å². The molecule has 108 valence electrons. The van der Waals surface area contributed by atoms with E-state index in [-0.39, 0.29) is 5.41 Å². The Kier molecular flexibility index (Phi) is 6.30. The molecular weight excluding hydrogens is 244 g/mol. The summed E-state index contributed by atoms with van der Waals surface area (Å²) < 4.78 is 5.59. The Balaban J connectivity index is 2.97. The molecule has 0 aliphatic heterocycles. The molecule has 0 saturated carbocycles. The first-order chi connectivity index (χ1) is 9.52. The van der Waals surface area contributed by atoms with Crippen LogP contribution < -0.4 is 0 Å². The summed E-state index contributed by atoms with van der Waals surface area (Å²) in [7, 11) is 0. The predicted octanol–water partition coefficient (Wildman–Crippen LogP) is 5.41. The van der Waals surface area contributed by atoms with Crippen molar-refractivity contribution in [2.45, 2.75) is 39.5 Å². The minimum Gasteiger partial charge on any atom is -0.498 e. The molecule has 1 aromatic carbocycles. The van der Waals surface area contributed by atoms with Gasteiger partial charge in [-0.2, -0.15) is 0 Å². The van der Waals surface area contributed by atoms with Crippen molar-refractivity contribution in [1.82, 2.24) is 0 Å². The Morgan fingerprint density at radius 1 is 1.20 bits per heavy atom. The number of rotatable bonds is 7. The maximum atomic E-state index is 5.59. The van der Waals surface area contributed by atoms with Crippen LogP contribution in [0.25, 0.3) is 0 Å². The third kappa shape index (κ3) is 4.41. The van der Waals surface area contributed by atoms with Gasteiger partial charge < -0.3 is 4.74 Å². The zero-order valence-corrected chi connectivity index (χ0v) is 13.1. The molecule has 0 saturated heterocycles. The van der Waals surface area contributed by atoms with E-state index in [1.165, 1.54) is 11.1 Å². The van der Waals surface area contributed by atoms with Crippen molar-refractivity contribution in [1.29, 1.82) is 0 Å². The first kappa shape index (κ1) is 16.3. The van der Waals surface area contributed by atoms with E-state index in [1.54, 1.807) is 0 Å². The van der Waals surface area contributed by atoms with E-state index in [9.17, 15) is 0 Å². The fraction of sp³-hybridized carbons (Fsp3) is 0.368. The number of ether oxygens (including phenoxy) is 1. The van der Waals surface area contributed by atoms with Crippen LogP contribution >= 0.6 is 0 Å². The van der Waals surface area contributed by atoms with Crippen molar-refractivity contribution < 1.29 is 4.74 Å². The summed E-state index contributed by atoms with van der Waals surface area (Å²) in [4.78, 5) is 0. The Morgan fingerprint density at radius 2 is 1.85 bits per heavy atom. The summed E-state index contributed by atoms with van der Waals surface area (Å²) in [5.74, 6) is 0.940. The zero-order valence-electron chi connectivity index (χ0n) is 13.1. The van der Waals surface area contributed by atoms with E-state index < -0.39 is 0 Å². The predicted molar refractivity (Wildman–Crippen MR) is 87.7 cm³/mol. The van der Waals surface area contributed by atoms with E-state index in [1.807, 2.05) is 25.1 Å². The maximum absolute atomic E-state index is 5.59. The summed E-state index contributed by atoms with van der Waals surface area (Å²) in [6, 6.07) is 10.5. The molecule has 0 amide bonds. The van der Waals surface area contributed by atoms with Gasteiger partial charge in [0.25, 0.3) is 0 Å². The molecule has 0 radical (unpaired) electrons. The quantitative estimate of drug-likeness (QED) is 0.475. The Labute approximate surface area is 123 Å². The van der Waals surface area contributed by atoms with Crippen LogP contribution in [0.3, 0.4) is 0 Å². The third-order valence-corrected chi connectivity index (χ3v) is 3.47. The third-order valence-electron chi connectivity index (χ3n) is 3.47. The molecule has 1 heteroatoms. The highest BCUT2D eigenvalue weighted by molar-refractivity contribution is 5.41. The second kappa shape index (κ2) is 7.74. The van der Waals surface area contributed by atoms with Gasteiger partial charge in [0.05, 0.1) is 12.4 Å². The first-order valence-electron chi connectivity index (χ1n) is 7.22. The van der Waals surface area contributed by atoms with E-state index in [0.29, 0.717) is 0 Å². The number of allylic oxidation sites excluding steroid dienone is 5. The van der Waals surface area contributed by atoms with Crippen LogP contribution in [0, 0.1) is 0 Å². The van der Waals surface area contributed by atoms with Gasteiger partial charge in [0, 0.05) is 5.41 Å². The summed E-state index contributed by atoms with van der Waals surface area (Å²) >= 11 is 0. The monoisotopic (exact) mass is 270 g/mol. The Morgan fingerprint density at radius 3 is 2.40 bits per heavy atom. The molecule has 1 rings (SSSR count). The van der Waals surface area contributed by atoms with E-state index in [2.05, 4.69) is 57.7 Å². The highest BCUT2D eigenvalue weighted by atomic mass is 16.5. The highest BCUT2D eigenvalue weighted by Crippen LogP contribution is 2.32. The second-order valence-corrected chi connectivity index (χ2v) is 5.44. The van der Waals surface area contributed by atoms with Crippen molar-refractivity contribution in [3.63, 3.8) is 0 Å². The molecule has 20 heavy (non-hydrogen) atoms. The Hall–Kier alpha value is -1.76. The molecule has 0 aromatic heterocycles. The molecule has 1 aromatic rings. The van der Waals surface area contributed by atoms with Crippen molar-refractivity contribution >= 4 is 0 Å². The lowest BCUT2D eigenvalue weighted by molar-refractivity contribution is 0.214. The number of hydrogen-bond acceptors (Lipinski definition) is 1. The fourth-order valence-electron chi connectivity index (χ4n) is 2.07. The minimum atomic E-state index is -0.0649.